The molecule has 0 aliphatic carbocycles. The highest BCUT2D eigenvalue weighted by Crippen LogP contribution is 2.29. The minimum atomic E-state index is -0.862. The van der Waals surface area contributed by atoms with Crippen LogP contribution in [0.3, 0.4) is 0 Å². The van der Waals surface area contributed by atoms with Crippen LogP contribution in [0.25, 0.3) is 0 Å². The first-order valence-corrected chi connectivity index (χ1v) is 6.71. The minimum Gasteiger partial charge on any atom is -0.481 e. The van der Waals surface area contributed by atoms with Crippen molar-refractivity contribution in [1.29, 1.82) is 0 Å². The van der Waals surface area contributed by atoms with Crippen LogP contribution >= 0.6 is 0 Å². The van der Waals surface area contributed by atoms with Gasteiger partial charge in [0.1, 0.15) is 5.78 Å². The topological polar surface area (TPSA) is 54.4 Å². The quantitative estimate of drug-likeness (QED) is 0.593. The number of carboxylic acid groups (broad SMARTS) is 1. The van der Waals surface area contributed by atoms with Crippen LogP contribution in [0.2, 0.25) is 0 Å². The van der Waals surface area contributed by atoms with Crippen LogP contribution in [-0.2, 0) is 9.59 Å². The predicted octanol–water partition coefficient (Wildman–Crippen LogP) is 3.81. The predicted molar refractivity (Wildman–Crippen MR) is 69.0 cm³/mol. The van der Waals surface area contributed by atoms with E-state index in [-0.39, 0.29) is 12.2 Å². The zero-order chi connectivity index (χ0) is 13.3. The summed E-state index contributed by atoms with van der Waals surface area (Å²) in [6.07, 6.45) is 6.16. The molecule has 0 bridgehead atoms. The fourth-order valence-electron chi connectivity index (χ4n) is 1.93. The average molecular weight is 242 g/mol. The number of aliphatic carboxylic acids is 1. The number of carbonyl (C=O) groups is 2. The number of Topliss-reactive ketones (excluding diaryl/α,β-unsaturated/α-hetero) is 1. The maximum absolute atomic E-state index is 11.7. The first-order valence-electron chi connectivity index (χ1n) is 6.71. The average Bonchev–Trinajstić information content (AvgIpc) is 2.26. The lowest BCUT2D eigenvalue weighted by Gasteiger charge is -2.23. The molecule has 0 aliphatic rings. The monoisotopic (exact) mass is 242 g/mol. The Labute approximate surface area is 105 Å². The molecule has 3 heteroatoms. The van der Waals surface area contributed by atoms with Gasteiger partial charge in [0.2, 0.25) is 0 Å². The summed E-state index contributed by atoms with van der Waals surface area (Å²) < 4.78 is 0. The summed E-state index contributed by atoms with van der Waals surface area (Å²) in [5.74, 6) is -0.741. The second-order valence-electron chi connectivity index (χ2n) is 5.14. The van der Waals surface area contributed by atoms with Gasteiger partial charge in [-0.05, 0) is 19.8 Å². The first kappa shape index (κ1) is 16.1. The molecule has 1 N–H and O–H groups in total. The Bertz CT molecular complexity index is 248. The van der Waals surface area contributed by atoms with Gasteiger partial charge in [-0.3, -0.25) is 9.59 Å². The van der Waals surface area contributed by atoms with Gasteiger partial charge in [-0.15, -0.1) is 0 Å². The Balaban J connectivity index is 4.23. The molecule has 0 aromatic rings. The summed E-state index contributed by atoms with van der Waals surface area (Å²) in [6.45, 7) is 5.82. The molecule has 0 spiro atoms. The maximum Gasteiger partial charge on any atom is 0.309 e. The van der Waals surface area contributed by atoms with Crippen molar-refractivity contribution in [2.75, 3.05) is 0 Å². The van der Waals surface area contributed by atoms with E-state index in [9.17, 15) is 14.7 Å². The molecule has 0 aromatic carbocycles. The van der Waals surface area contributed by atoms with Crippen molar-refractivity contribution in [3.8, 4) is 0 Å². The molecule has 0 rings (SSSR count). The van der Waals surface area contributed by atoms with Gasteiger partial charge in [-0.1, -0.05) is 39.5 Å². The smallest absolute Gasteiger partial charge is 0.309 e. The van der Waals surface area contributed by atoms with Crippen molar-refractivity contribution < 1.29 is 14.7 Å². The van der Waals surface area contributed by atoms with Gasteiger partial charge in [0, 0.05) is 12.8 Å². The van der Waals surface area contributed by atoms with Crippen molar-refractivity contribution in [2.45, 2.75) is 72.1 Å². The van der Waals surface area contributed by atoms with Crippen molar-refractivity contribution in [1.82, 2.24) is 0 Å². The van der Waals surface area contributed by atoms with E-state index in [0.29, 0.717) is 12.8 Å². The fraction of sp³-hybridized carbons (Fsp3) is 0.857. The van der Waals surface area contributed by atoms with Gasteiger partial charge in [0.05, 0.1) is 5.41 Å². The number of ketones is 1. The Kier molecular flexibility index (Phi) is 7.85. The lowest BCUT2D eigenvalue weighted by molar-refractivity contribution is -0.151. The standard InChI is InChI=1S/C14H26O3/c1-4-6-8-9-12(15)11-14(3,13(16)17)10-7-5-2/h4-11H2,1-3H3,(H,16,17). The van der Waals surface area contributed by atoms with Gasteiger partial charge >= 0.3 is 5.97 Å². The third-order valence-electron chi connectivity index (χ3n) is 3.24. The molecule has 0 amide bonds. The summed E-state index contributed by atoms with van der Waals surface area (Å²) in [5, 5.41) is 9.23. The lowest BCUT2D eigenvalue weighted by atomic mass is 9.79. The van der Waals surface area contributed by atoms with Crippen molar-refractivity contribution in [3.05, 3.63) is 0 Å². The third kappa shape index (κ3) is 6.44. The van der Waals surface area contributed by atoms with Gasteiger partial charge in [0.15, 0.2) is 0 Å². The molecule has 17 heavy (non-hydrogen) atoms. The highest BCUT2D eigenvalue weighted by Gasteiger charge is 2.34. The Hall–Kier alpha value is -0.860. The van der Waals surface area contributed by atoms with E-state index in [2.05, 4.69) is 6.92 Å². The van der Waals surface area contributed by atoms with Gasteiger partial charge in [0.25, 0.3) is 0 Å². The SMILES string of the molecule is CCCCCC(=O)CC(C)(CCCC)C(=O)O. The molecular weight excluding hydrogens is 216 g/mol. The van der Waals surface area contributed by atoms with E-state index in [0.717, 1.165) is 32.1 Å². The van der Waals surface area contributed by atoms with E-state index in [1.165, 1.54) is 0 Å². The second-order valence-corrected chi connectivity index (χ2v) is 5.14. The normalized spacial score (nSPS) is 14.3. The van der Waals surface area contributed by atoms with Crippen LogP contribution in [0.1, 0.15) is 72.1 Å². The first-order chi connectivity index (χ1) is 7.96. The highest BCUT2D eigenvalue weighted by atomic mass is 16.4. The molecule has 0 aromatic heterocycles. The fourth-order valence-corrected chi connectivity index (χ4v) is 1.93. The van der Waals surface area contributed by atoms with Crippen LogP contribution in [0, 0.1) is 5.41 Å². The lowest BCUT2D eigenvalue weighted by Crippen LogP contribution is -2.30. The molecule has 1 unspecified atom stereocenters. The number of carbonyl (C=O) groups excluding carboxylic acids is 1. The van der Waals surface area contributed by atoms with Crippen LogP contribution < -0.4 is 0 Å². The van der Waals surface area contributed by atoms with Crippen LogP contribution in [0.5, 0.6) is 0 Å². The number of carboxylic acids is 1. The largest absolute Gasteiger partial charge is 0.481 e. The molecule has 100 valence electrons. The molecule has 0 heterocycles. The second kappa shape index (κ2) is 8.26. The molecule has 1 atom stereocenters. The van der Waals surface area contributed by atoms with E-state index < -0.39 is 11.4 Å². The zero-order valence-corrected chi connectivity index (χ0v) is 11.4. The Morgan fingerprint density at radius 3 is 2.12 bits per heavy atom. The highest BCUT2D eigenvalue weighted by molar-refractivity contribution is 5.85. The van der Waals surface area contributed by atoms with Crippen LogP contribution in [0.4, 0.5) is 0 Å². The molecule has 0 radical (unpaired) electrons. The zero-order valence-electron chi connectivity index (χ0n) is 11.4. The molecular formula is C14H26O3. The molecule has 0 saturated carbocycles. The van der Waals surface area contributed by atoms with E-state index >= 15 is 0 Å². The van der Waals surface area contributed by atoms with Gasteiger partial charge < -0.3 is 5.11 Å². The third-order valence-corrected chi connectivity index (χ3v) is 3.24. The van der Waals surface area contributed by atoms with Crippen molar-refractivity contribution in [3.63, 3.8) is 0 Å². The van der Waals surface area contributed by atoms with Gasteiger partial charge in [-0.2, -0.15) is 0 Å². The molecule has 3 nitrogen and oxygen atoms in total. The Morgan fingerprint density at radius 1 is 1.06 bits per heavy atom. The maximum atomic E-state index is 11.7. The summed E-state index contributed by atoms with van der Waals surface area (Å²) in [4.78, 5) is 23.0. The van der Waals surface area contributed by atoms with Crippen molar-refractivity contribution >= 4 is 11.8 Å². The minimum absolute atomic E-state index is 0.0967. The number of hydrogen-bond donors (Lipinski definition) is 1. The molecule has 0 saturated heterocycles. The molecule has 0 aliphatic heterocycles. The number of hydrogen-bond acceptors (Lipinski definition) is 2. The summed E-state index contributed by atoms with van der Waals surface area (Å²) in [5.41, 5.74) is -0.862. The Morgan fingerprint density at radius 2 is 1.65 bits per heavy atom. The van der Waals surface area contributed by atoms with Crippen molar-refractivity contribution in [2.24, 2.45) is 5.41 Å². The molecule has 0 fully saturated rings. The van der Waals surface area contributed by atoms with E-state index in [4.69, 9.17) is 0 Å². The number of rotatable bonds is 10. The summed E-state index contributed by atoms with van der Waals surface area (Å²) in [7, 11) is 0. The number of unbranched alkanes of at least 4 members (excludes halogenated alkanes) is 3. The van der Waals surface area contributed by atoms with E-state index in [1.807, 2.05) is 6.92 Å². The van der Waals surface area contributed by atoms with Crippen LogP contribution in [0.15, 0.2) is 0 Å². The van der Waals surface area contributed by atoms with Crippen LogP contribution in [-0.4, -0.2) is 16.9 Å². The van der Waals surface area contributed by atoms with E-state index in [1.54, 1.807) is 6.92 Å². The van der Waals surface area contributed by atoms with Gasteiger partial charge in [-0.25, -0.2) is 0 Å². The summed E-state index contributed by atoms with van der Waals surface area (Å²) >= 11 is 0. The summed E-state index contributed by atoms with van der Waals surface area (Å²) in [6, 6.07) is 0.